The molecule has 0 spiro atoms. The van der Waals surface area contributed by atoms with Crippen molar-refractivity contribution >= 4 is 11.7 Å². The Balaban J connectivity index is 1.83. The first kappa shape index (κ1) is 17.4. The van der Waals surface area contributed by atoms with Gasteiger partial charge >= 0.3 is 6.03 Å². The average molecular weight is 324 g/mol. The van der Waals surface area contributed by atoms with Crippen LogP contribution in [0.25, 0.3) is 0 Å². The van der Waals surface area contributed by atoms with Gasteiger partial charge in [0.05, 0.1) is 6.10 Å². The molecule has 2 aromatic carbocycles. The van der Waals surface area contributed by atoms with Gasteiger partial charge in [0.1, 0.15) is 12.4 Å². The number of urea groups is 1. The van der Waals surface area contributed by atoms with E-state index in [-0.39, 0.29) is 19.2 Å². The van der Waals surface area contributed by atoms with Crippen LogP contribution in [0.4, 0.5) is 10.5 Å². The van der Waals surface area contributed by atoms with Gasteiger partial charge in [-0.25, -0.2) is 4.79 Å². The molecule has 5 nitrogen and oxygen atoms in total. The molecule has 1 unspecified atom stereocenters. The van der Waals surface area contributed by atoms with E-state index in [1.54, 1.807) is 24.3 Å². The molecule has 2 aromatic rings. The third kappa shape index (κ3) is 5.04. The van der Waals surface area contributed by atoms with E-state index in [1.807, 2.05) is 31.2 Å². The molecule has 0 bridgehead atoms. The Morgan fingerprint density at radius 1 is 1.25 bits per heavy atom. The monoisotopic (exact) mass is 324 g/mol. The number of carbonyl (C=O) groups is 1. The van der Waals surface area contributed by atoms with E-state index >= 15 is 0 Å². The highest BCUT2D eigenvalue weighted by Crippen LogP contribution is 2.17. The number of hydrogen-bond acceptors (Lipinski definition) is 3. The Kier molecular flexibility index (Phi) is 6.23. The quantitative estimate of drug-likeness (QED) is 0.716. The van der Waals surface area contributed by atoms with Crippen molar-refractivity contribution in [3.8, 4) is 18.1 Å². The van der Waals surface area contributed by atoms with E-state index in [9.17, 15) is 9.90 Å². The van der Waals surface area contributed by atoms with Crippen LogP contribution >= 0.6 is 0 Å². The van der Waals surface area contributed by atoms with Crippen molar-refractivity contribution in [1.29, 1.82) is 0 Å². The van der Waals surface area contributed by atoms with Crippen LogP contribution in [0, 0.1) is 19.3 Å². The first-order chi connectivity index (χ1) is 11.6. The number of hydrogen-bond donors (Lipinski definition) is 3. The summed E-state index contributed by atoms with van der Waals surface area (Å²) < 4.78 is 5.26. The summed E-state index contributed by atoms with van der Waals surface area (Å²) in [7, 11) is 0. The Hall–Kier alpha value is -2.97. The molecule has 0 heterocycles. The topological polar surface area (TPSA) is 70.6 Å². The normalized spacial score (nSPS) is 11.2. The summed E-state index contributed by atoms with van der Waals surface area (Å²) in [6.45, 7) is 2.24. The van der Waals surface area contributed by atoms with Gasteiger partial charge in [0.2, 0.25) is 0 Å². The molecule has 5 heteroatoms. The predicted octanol–water partition coefficient (Wildman–Crippen LogP) is 2.86. The third-order valence-corrected chi connectivity index (χ3v) is 3.44. The largest absolute Gasteiger partial charge is 0.481 e. The fourth-order valence-corrected chi connectivity index (χ4v) is 2.19. The van der Waals surface area contributed by atoms with Crippen LogP contribution in [0.2, 0.25) is 0 Å². The van der Waals surface area contributed by atoms with Crippen LogP contribution in [0.15, 0.2) is 48.5 Å². The molecule has 0 saturated carbocycles. The second kappa shape index (κ2) is 8.61. The zero-order chi connectivity index (χ0) is 17.4. The molecule has 1 atom stereocenters. The number of carbonyl (C=O) groups excluding carboxylic acids is 1. The van der Waals surface area contributed by atoms with E-state index < -0.39 is 6.10 Å². The lowest BCUT2D eigenvalue weighted by Gasteiger charge is -2.15. The zero-order valence-electron chi connectivity index (χ0n) is 13.5. The van der Waals surface area contributed by atoms with E-state index in [4.69, 9.17) is 11.2 Å². The number of amides is 2. The summed E-state index contributed by atoms with van der Waals surface area (Å²) >= 11 is 0. The van der Waals surface area contributed by atoms with Gasteiger partial charge in [0.25, 0.3) is 0 Å². The fourth-order valence-electron chi connectivity index (χ4n) is 2.19. The lowest BCUT2D eigenvalue weighted by Crippen LogP contribution is -2.32. The van der Waals surface area contributed by atoms with Gasteiger partial charge in [-0.15, -0.1) is 6.42 Å². The molecule has 0 fully saturated rings. The van der Waals surface area contributed by atoms with Gasteiger partial charge < -0.3 is 20.5 Å². The highest BCUT2D eigenvalue weighted by molar-refractivity contribution is 5.89. The predicted molar refractivity (Wildman–Crippen MR) is 93.9 cm³/mol. The molecule has 0 saturated heterocycles. The standard InChI is InChI=1S/C19H20N2O3/c1-3-12-24-16-10-8-15(9-11-16)21-19(23)20-13-18(22)17-7-5-4-6-14(17)2/h1,4-11,18,22H,12-13H2,2H3,(H2,20,21,23). The van der Waals surface area contributed by atoms with Crippen LogP contribution in [-0.2, 0) is 0 Å². The Bertz CT molecular complexity index is 720. The second-order valence-electron chi connectivity index (χ2n) is 5.22. The van der Waals surface area contributed by atoms with Crippen molar-refractivity contribution in [1.82, 2.24) is 5.32 Å². The molecule has 0 aliphatic carbocycles. The average Bonchev–Trinajstić information content (AvgIpc) is 2.59. The second-order valence-corrected chi connectivity index (χ2v) is 5.22. The van der Waals surface area contributed by atoms with Gasteiger partial charge in [-0.3, -0.25) is 0 Å². The number of rotatable bonds is 6. The van der Waals surface area contributed by atoms with Crippen molar-refractivity contribution < 1.29 is 14.6 Å². The highest BCUT2D eigenvalue weighted by atomic mass is 16.5. The van der Waals surface area contributed by atoms with Crippen LogP contribution < -0.4 is 15.4 Å². The summed E-state index contributed by atoms with van der Waals surface area (Å²) in [6.07, 6.45) is 4.37. The van der Waals surface area contributed by atoms with E-state index in [0.29, 0.717) is 11.4 Å². The number of aliphatic hydroxyl groups is 1. The van der Waals surface area contributed by atoms with E-state index in [0.717, 1.165) is 11.1 Å². The SMILES string of the molecule is C#CCOc1ccc(NC(=O)NCC(O)c2ccccc2C)cc1. The molecule has 124 valence electrons. The van der Waals surface area contributed by atoms with E-state index in [1.165, 1.54) is 0 Å². The minimum atomic E-state index is -0.753. The number of aryl methyl sites for hydroxylation is 1. The van der Waals surface area contributed by atoms with Gasteiger partial charge in [-0.05, 0) is 42.3 Å². The van der Waals surface area contributed by atoms with Crippen molar-refractivity contribution in [3.05, 3.63) is 59.7 Å². The highest BCUT2D eigenvalue weighted by Gasteiger charge is 2.11. The fraction of sp³-hybridized carbons (Fsp3) is 0.211. The lowest BCUT2D eigenvalue weighted by atomic mass is 10.0. The number of ether oxygens (including phenoxy) is 1. The van der Waals surface area contributed by atoms with Gasteiger partial charge in [-0.2, -0.15) is 0 Å². The maximum Gasteiger partial charge on any atom is 0.319 e. The van der Waals surface area contributed by atoms with Crippen LogP contribution in [0.5, 0.6) is 5.75 Å². The molecule has 2 amide bonds. The van der Waals surface area contributed by atoms with Crippen LogP contribution in [0.1, 0.15) is 17.2 Å². The first-order valence-corrected chi connectivity index (χ1v) is 7.55. The maximum atomic E-state index is 11.9. The number of benzene rings is 2. The van der Waals surface area contributed by atoms with Crippen molar-refractivity contribution in [2.45, 2.75) is 13.0 Å². The van der Waals surface area contributed by atoms with E-state index in [2.05, 4.69) is 16.6 Å². The molecule has 2 rings (SSSR count). The molecule has 0 aromatic heterocycles. The first-order valence-electron chi connectivity index (χ1n) is 7.55. The van der Waals surface area contributed by atoms with Crippen molar-refractivity contribution in [2.75, 3.05) is 18.5 Å². The minimum absolute atomic E-state index is 0.125. The smallest absolute Gasteiger partial charge is 0.319 e. The minimum Gasteiger partial charge on any atom is -0.481 e. The third-order valence-electron chi connectivity index (χ3n) is 3.44. The molecule has 0 radical (unpaired) electrons. The Labute approximate surface area is 141 Å². The van der Waals surface area contributed by atoms with Crippen LogP contribution in [0.3, 0.4) is 0 Å². The molecule has 0 aliphatic rings. The zero-order valence-corrected chi connectivity index (χ0v) is 13.5. The number of nitrogens with one attached hydrogen (secondary N) is 2. The molecule has 24 heavy (non-hydrogen) atoms. The van der Waals surface area contributed by atoms with Crippen molar-refractivity contribution in [2.24, 2.45) is 0 Å². The van der Waals surface area contributed by atoms with Gasteiger partial charge in [0.15, 0.2) is 0 Å². The number of terminal acetylenes is 1. The number of aliphatic hydroxyl groups excluding tert-OH is 1. The molecular formula is C19H20N2O3. The summed E-state index contributed by atoms with van der Waals surface area (Å²) in [5, 5.41) is 15.5. The summed E-state index contributed by atoms with van der Waals surface area (Å²) in [5.74, 6) is 3.02. The maximum absolute atomic E-state index is 11.9. The summed E-state index contributed by atoms with van der Waals surface area (Å²) in [6, 6.07) is 14.0. The Morgan fingerprint density at radius 3 is 2.62 bits per heavy atom. The summed E-state index contributed by atoms with van der Waals surface area (Å²) in [4.78, 5) is 11.9. The van der Waals surface area contributed by atoms with Gasteiger partial charge in [-0.1, -0.05) is 30.2 Å². The molecule has 3 N–H and O–H groups in total. The lowest BCUT2D eigenvalue weighted by molar-refractivity contribution is 0.174. The molecular weight excluding hydrogens is 304 g/mol. The summed E-state index contributed by atoms with van der Waals surface area (Å²) in [5.41, 5.74) is 2.40. The van der Waals surface area contributed by atoms with Gasteiger partial charge in [0, 0.05) is 12.2 Å². The van der Waals surface area contributed by atoms with Crippen molar-refractivity contribution in [3.63, 3.8) is 0 Å². The Morgan fingerprint density at radius 2 is 1.96 bits per heavy atom. The van der Waals surface area contributed by atoms with Crippen LogP contribution in [-0.4, -0.2) is 24.3 Å². The molecule has 0 aliphatic heterocycles. The number of anilines is 1.